The lowest BCUT2D eigenvalue weighted by molar-refractivity contribution is -0.497. The number of halogens is 4. The highest BCUT2D eigenvalue weighted by atomic mass is 35.5. The predicted molar refractivity (Wildman–Crippen MR) is 41.8 cm³/mol. The van der Waals surface area contributed by atoms with Crippen LogP contribution in [0.25, 0.3) is 0 Å². The zero-order valence-electron chi connectivity index (χ0n) is 6.99. The third-order valence-electron chi connectivity index (χ3n) is 2.14. The van der Waals surface area contributed by atoms with E-state index >= 15 is 0 Å². The molecule has 0 aromatic rings. The molecule has 74 valence electrons. The van der Waals surface area contributed by atoms with Gasteiger partial charge in [0.2, 0.25) is 0 Å². The Morgan fingerprint density at radius 3 is 1.83 bits per heavy atom. The number of quaternary nitrogens is 1. The first-order chi connectivity index (χ1) is 5.52. The molecule has 0 heterocycles. The summed E-state index contributed by atoms with van der Waals surface area (Å²) in [5, 5.41) is 0. The van der Waals surface area contributed by atoms with E-state index in [1.807, 2.05) is 0 Å². The lowest BCUT2D eigenvalue weighted by atomic mass is 9.80. The van der Waals surface area contributed by atoms with Crippen LogP contribution in [0.2, 0.25) is 0 Å². The van der Waals surface area contributed by atoms with Crippen LogP contribution in [0.5, 0.6) is 0 Å². The summed E-state index contributed by atoms with van der Waals surface area (Å²) in [6.07, 6.45) is -0.265. The third kappa shape index (κ3) is 3.19. The van der Waals surface area contributed by atoms with Crippen molar-refractivity contribution in [2.75, 3.05) is 6.38 Å². The van der Waals surface area contributed by atoms with Gasteiger partial charge in [0.15, 0.2) is 6.04 Å². The van der Waals surface area contributed by atoms with Crippen LogP contribution in [0.1, 0.15) is 19.3 Å². The Labute approximate surface area is 75.1 Å². The second-order valence-electron chi connectivity index (χ2n) is 2.84. The minimum absolute atomic E-state index is 0.194. The quantitative estimate of drug-likeness (QED) is 0.631. The van der Waals surface area contributed by atoms with E-state index in [-0.39, 0.29) is 5.92 Å². The normalized spacial score (nSPS) is 20.5. The molecule has 3 N–H and O–H groups in total. The maximum absolute atomic E-state index is 11.9. The van der Waals surface area contributed by atoms with Gasteiger partial charge in [-0.05, 0) is 12.8 Å². The molecule has 0 spiro atoms. The molecule has 1 nitrogen and oxygen atoms in total. The molecule has 12 heavy (non-hydrogen) atoms. The fourth-order valence-electron chi connectivity index (χ4n) is 1.11. The van der Waals surface area contributed by atoms with E-state index in [2.05, 4.69) is 17.3 Å². The summed E-state index contributed by atoms with van der Waals surface area (Å²) in [7, 11) is 0. The first-order valence-corrected chi connectivity index (χ1v) is 4.55. The molecule has 0 saturated heterocycles. The first kappa shape index (κ1) is 12.0. The molecule has 1 unspecified atom stereocenters. The second kappa shape index (κ2) is 4.92. The molecule has 0 bridgehead atoms. The van der Waals surface area contributed by atoms with Crippen molar-refractivity contribution < 1.29 is 18.9 Å². The summed E-state index contributed by atoms with van der Waals surface area (Å²) in [4.78, 5) is 0. The van der Waals surface area contributed by atoms with Crippen LogP contribution in [0, 0.1) is 5.92 Å². The van der Waals surface area contributed by atoms with Crippen LogP contribution in [-0.2, 0) is 0 Å². The van der Waals surface area contributed by atoms with Crippen molar-refractivity contribution in [2.24, 2.45) is 5.92 Å². The fourth-order valence-corrected chi connectivity index (χ4v) is 1.11. The molecular formula is C7H14ClF3N+. The van der Waals surface area contributed by atoms with E-state index in [0.29, 0.717) is 12.8 Å². The van der Waals surface area contributed by atoms with Gasteiger partial charge in [0.05, 0.1) is 0 Å². The number of hydrogen-bond donors (Lipinski definition) is 1. The largest absolute Gasteiger partial charge is 0.441 e. The average molecular weight is 205 g/mol. The number of hydrogen-bond acceptors (Lipinski definition) is 0. The van der Waals surface area contributed by atoms with Gasteiger partial charge < -0.3 is 5.73 Å². The van der Waals surface area contributed by atoms with E-state index in [1.54, 1.807) is 0 Å². The van der Waals surface area contributed by atoms with Gasteiger partial charge in [-0.15, -0.1) is 11.6 Å². The minimum Gasteiger partial charge on any atom is -0.347 e. The highest BCUT2D eigenvalue weighted by Crippen LogP contribution is 2.34. The fraction of sp³-hybridized carbons (Fsp3) is 1.00. The van der Waals surface area contributed by atoms with E-state index in [4.69, 9.17) is 0 Å². The second-order valence-corrected chi connectivity index (χ2v) is 2.84. The Bertz CT molecular complexity index is 122. The molecule has 0 aliphatic heterocycles. The molecule has 0 aromatic heterocycles. The van der Waals surface area contributed by atoms with E-state index < -0.39 is 12.2 Å². The number of alkyl halides is 4. The summed E-state index contributed by atoms with van der Waals surface area (Å²) in [5.74, 6) is -0.194. The van der Waals surface area contributed by atoms with Gasteiger partial charge >= 0.3 is 6.18 Å². The van der Waals surface area contributed by atoms with Crippen molar-refractivity contribution in [1.82, 2.24) is 0 Å². The Hall–Kier alpha value is 0.0400. The maximum atomic E-state index is 11.9. The van der Waals surface area contributed by atoms with Gasteiger partial charge in [0.1, 0.15) is 0 Å². The Morgan fingerprint density at radius 2 is 1.75 bits per heavy atom. The lowest BCUT2D eigenvalue weighted by Gasteiger charge is -2.29. The molecule has 5 heteroatoms. The highest BCUT2D eigenvalue weighted by molar-refractivity contribution is 6.15. The van der Waals surface area contributed by atoms with Crippen molar-refractivity contribution in [3.8, 4) is 0 Å². The van der Waals surface area contributed by atoms with Gasteiger partial charge in [-0.25, -0.2) is 0 Å². The zero-order valence-corrected chi connectivity index (χ0v) is 7.75. The molecule has 1 rings (SSSR count). The van der Waals surface area contributed by atoms with Crippen molar-refractivity contribution in [3.63, 3.8) is 0 Å². The lowest BCUT2D eigenvalue weighted by Crippen LogP contribution is -2.71. The van der Waals surface area contributed by atoms with Crippen LogP contribution in [-0.4, -0.2) is 18.6 Å². The molecule has 0 amide bonds. The van der Waals surface area contributed by atoms with Crippen molar-refractivity contribution in [3.05, 3.63) is 0 Å². The Balaban J connectivity index is 0.000000561. The molecule has 1 aliphatic carbocycles. The summed E-state index contributed by atoms with van der Waals surface area (Å²) in [5.41, 5.74) is 3.11. The van der Waals surface area contributed by atoms with Crippen LogP contribution in [0.15, 0.2) is 0 Å². The molecular weight excluding hydrogens is 191 g/mol. The SMILES string of the molecule is CCl.[NH3+]C(C1CCC1)C(F)(F)F. The Kier molecular flexibility index (Phi) is 4.94. The zero-order chi connectivity index (χ0) is 9.78. The standard InChI is InChI=1S/C6H10F3N.CH3Cl/c7-6(8,9)5(10)4-2-1-3-4;1-2/h4-5H,1-3,10H2;1H3/p+1. The minimum atomic E-state index is -4.08. The van der Waals surface area contributed by atoms with Gasteiger partial charge in [-0.3, -0.25) is 0 Å². The summed E-state index contributed by atoms with van der Waals surface area (Å²) < 4.78 is 35.6. The third-order valence-corrected chi connectivity index (χ3v) is 2.14. The molecule has 1 saturated carbocycles. The number of rotatable bonds is 1. The van der Waals surface area contributed by atoms with Gasteiger partial charge in [-0.1, -0.05) is 6.42 Å². The Morgan fingerprint density at radius 1 is 1.33 bits per heavy atom. The van der Waals surface area contributed by atoms with Crippen molar-refractivity contribution in [1.29, 1.82) is 0 Å². The molecule has 0 radical (unpaired) electrons. The molecule has 0 aromatic carbocycles. The van der Waals surface area contributed by atoms with E-state index in [0.717, 1.165) is 6.42 Å². The van der Waals surface area contributed by atoms with Gasteiger partial charge in [0, 0.05) is 12.3 Å². The monoisotopic (exact) mass is 204 g/mol. The maximum Gasteiger partial charge on any atom is 0.441 e. The molecule has 1 fully saturated rings. The summed E-state index contributed by atoms with van der Waals surface area (Å²) >= 11 is 4.64. The van der Waals surface area contributed by atoms with Crippen LogP contribution in [0.4, 0.5) is 13.2 Å². The van der Waals surface area contributed by atoms with Gasteiger partial charge in [0.25, 0.3) is 0 Å². The topological polar surface area (TPSA) is 27.6 Å². The van der Waals surface area contributed by atoms with Crippen molar-refractivity contribution in [2.45, 2.75) is 31.5 Å². The highest BCUT2D eigenvalue weighted by Gasteiger charge is 2.47. The van der Waals surface area contributed by atoms with Crippen LogP contribution < -0.4 is 5.73 Å². The van der Waals surface area contributed by atoms with E-state index in [9.17, 15) is 13.2 Å². The first-order valence-electron chi connectivity index (χ1n) is 3.79. The smallest absolute Gasteiger partial charge is 0.347 e. The van der Waals surface area contributed by atoms with Crippen LogP contribution >= 0.6 is 11.6 Å². The summed E-state index contributed by atoms with van der Waals surface area (Å²) in [6.45, 7) is 0. The summed E-state index contributed by atoms with van der Waals surface area (Å²) in [6, 6.07) is -1.33. The molecule has 1 aliphatic rings. The van der Waals surface area contributed by atoms with Crippen LogP contribution in [0.3, 0.4) is 0 Å². The average Bonchev–Trinajstić information content (AvgIpc) is 1.86. The van der Waals surface area contributed by atoms with Crippen molar-refractivity contribution >= 4 is 11.6 Å². The predicted octanol–water partition coefficient (Wildman–Crippen LogP) is 1.81. The van der Waals surface area contributed by atoms with Gasteiger partial charge in [-0.2, -0.15) is 13.2 Å². The van der Waals surface area contributed by atoms with E-state index in [1.165, 1.54) is 6.38 Å². The molecule has 1 atom stereocenters.